The molecule has 0 aliphatic carbocycles. The second kappa shape index (κ2) is 10.6. The van der Waals surface area contributed by atoms with Crippen LogP contribution in [0.2, 0.25) is 0 Å². The van der Waals surface area contributed by atoms with Crippen molar-refractivity contribution >= 4 is 32.3 Å². The molecule has 7 aromatic rings. The van der Waals surface area contributed by atoms with E-state index in [1.165, 1.54) is 60.1 Å². The second-order valence-electron chi connectivity index (χ2n) is 11.1. The van der Waals surface area contributed by atoms with Gasteiger partial charge in [-0.05, 0) is 66.2 Å². The molecule has 3 heteroatoms. The highest BCUT2D eigenvalue weighted by atomic mass is 15.4. The first-order chi connectivity index (χ1) is 20.8. The summed E-state index contributed by atoms with van der Waals surface area (Å²) in [4.78, 5) is 0. The van der Waals surface area contributed by atoms with Gasteiger partial charge in [0, 0.05) is 0 Å². The zero-order valence-corrected chi connectivity index (χ0v) is 23.2. The van der Waals surface area contributed by atoms with E-state index in [1.807, 2.05) is 0 Å². The van der Waals surface area contributed by atoms with Crippen LogP contribution in [-0.4, -0.2) is 0 Å². The molecule has 1 aliphatic heterocycles. The van der Waals surface area contributed by atoms with E-state index < -0.39 is 0 Å². The van der Waals surface area contributed by atoms with Crippen LogP contribution >= 0.6 is 0 Å². The van der Waals surface area contributed by atoms with Crippen molar-refractivity contribution in [3.05, 3.63) is 168 Å². The first kappa shape index (κ1) is 25.0. The smallest absolute Gasteiger partial charge is 0.0876 e. The molecular weight excluding hydrogens is 510 g/mol. The van der Waals surface area contributed by atoms with Crippen LogP contribution in [0.3, 0.4) is 0 Å². The van der Waals surface area contributed by atoms with Gasteiger partial charge in [-0.1, -0.05) is 146 Å². The number of nitrogens with one attached hydrogen (secondary N) is 3. The molecule has 3 nitrogen and oxygen atoms in total. The molecule has 7 aromatic carbocycles. The largest absolute Gasteiger partial charge is 0.279 e. The van der Waals surface area contributed by atoms with E-state index in [1.54, 1.807) is 0 Å². The van der Waals surface area contributed by atoms with Gasteiger partial charge in [0.25, 0.3) is 0 Å². The fourth-order valence-corrected chi connectivity index (χ4v) is 6.51. The van der Waals surface area contributed by atoms with Crippen molar-refractivity contribution in [1.82, 2.24) is 16.0 Å². The summed E-state index contributed by atoms with van der Waals surface area (Å²) in [5.41, 5.74) is 6.14. The molecule has 1 aliphatic rings. The van der Waals surface area contributed by atoms with Crippen molar-refractivity contribution in [2.75, 3.05) is 0 Å². The highest BCUT2D eigenvalue weighted by Crippen LogP contribution is 2.38. The first-order valence-corrected chi connectivity index (χ1v) is 14.6. The topological polar surface area (TPSA) is 36.1 Å². The van der Waals surface area contributed by atoms with Gasteiger partial charge in [0.15, 0.2) is 0 Å². The third-order valence-corrected chi connectivity index (χ3v) is 8.58. The Balaban J connectivity index is 1.27. The normalized spacial score (nSPS) is 18.9. The Morgan fingerprint density at radius 1 is 0.333 bits per heavy atom. The Labute approximate surface area is 245 Å². The van der Waals surface area contributed by atoms with Crippen LogP contribution < -0.4 is 16.0 Å². The molecule has 0 amide bonds. The van der Waals surface area contributed by atoms with Crippen LogP contribution in [0.25, 0.3) is 43.4 Å². The zero-order valence-electron chi connectivity index (χ0n) is 23.2. The molecule has 1 fully saturated rings. The lowest BCUT2D eigenvalue weighted by molar-refractivity contribution is 0.205. The van der Waals surface area contributed by atoms with Crippen molar-refractivity contribution < 1.29 is 0 Å². The number of benzene rings is 7. The summed E-state index contributed by atoms with van der Waals surface area (Å²) in [6, 6.07) is 54.5. The van der Waals surface area contributed by atoms with Gasteiger partial charge >= 0.3 is 0 Å². The number of hydrogen-bond donors (Lipinski definition) is 3. The molecule has 202 valence electrons. The minimum absolute atomic E-state index is 0.0364. The lowest BCUT2D eigenvalue weighted by Crippen LogP contribution is -2.54. The number of rotatable bonds is 4. The second-order valence-corrected chi connectivity index (χ2v) is 11.1. The Bertz CT molecular complexity index is 2020. The van der Waals surface area contributed by atoms with Crippen molar-refractivity contribution in [3.8, 4) is 11.1 Å². The quantitative estimate of drug-likeness (QED) is 0.154. The third-order valence-electron chi connectivity index (χ3n) is 8.58. The maximum atomic E-state index is 3.96. The summed E-state index contributed by atoms with van der Waals surface area (Å²) in [7, 11) is 0. The van der Waals surface area contributed by atoms with E-state index in [0.29, 0.717) is 0 Å². The molecule has 1 saturated heterocycles. The summed E-state index contributed by atoms with van der Waals surface area (Å²) in [6.45, 7) is 0. The van der Waals surface area contributed by atoms with Crippen molar-refractivity contribution in [3.63, 3.8) is 0 Å². The molecule has 0 aromatic heterocycles. The van der Waals surface area contributed by atoms with Gasteiger partial charge in [0.05, 0.1) is 18.5 Å². The Morgan fingerprint density at radius 3 is 1.62 bits per heavy atom. The van der Waals surface area contributed by atoms with Crippen LogP contribution in [0.15, 0.2) is 152 Å². The predicted octanol–water partition coefficient (Wildman–Crippen LogP) is 8.99. The van der Waals surface area contributed by atoms with E-state index in [-0.39, 0.29) is 18.5 Å². The van der Waals surface area contributed by atoms with Gasteiger partial charge < -0.3 is 0 Å². The van der Waals surface area contributed by atoms with Crippen LogP contribution in [0, 0.1) is 0 Å². The molecule has 0 bridgehead atoms. The van der Waals surface area contributed by atoms with Crippen LogP contribution in [0.4, 0.5) is 0 Å². The van der Waals surface area contributed by atoms with E-state index in [0.717, 1.165) is 0 Å². The minimum atomic E-state index is -0.0926. The van der Waals surface area contributed by atoms with E-state index in [9.17, 15) is 0 Å². The molecule has 0 saturated carbocycles. The maximum Gasteiger partial charge on any atom is 0.0876 e. The van der Waals surface area contributed by atoms with Crippen LogP contribution in [0.1, 0.15) is 35.2 Å². The van der Waals surface area contributed by atoms with E-state index in [4.69, 9.17) is 0 Å². The molecule has 3 atom stereocenters. The molecule has 8 rings (SSSR count). The Morgan fingerprint density at radius 2 is 0.881 bits per heavy atom. The van der Waals surface area contributed by atoms with Crippen molar-refractivity contribution in [1.29, 1.82) is 0 Å². The van der Waals surface area contributed by atoms with Gasteiger partial charge in [-0.15, -0.1) is 0 Å². The molecule has 1 heterocycles. The van der Waals surface area contributed by atoms with E-state index >= 15 is 0 Å². The predicted molar refractivity (Wildman–Crippen MR) is 175 cm³/mol. The average molecular weight is 542 g/mol. The highest BCUT2D eigenvalue weighted by Gasteiger charge is 2.31. The van der Waals surface area contributed by atoms with Gasteiger partial charge in [0.2, 0.25) is 0 Å². The SMILES string of the molecule is c1ccc(-c2ccc(C3NC(c4ccccc4)NC(c4c5ccccc5cc5c4ccc4ccccc45)N3)cc2)cc1. The molecule has 42 heavy (non-hydrogen) atoms. The summed E-state index contributed by atoms with van der Waals surface area (Å²) in [5.74, 6) is 0. The van der Waals surface area contributed by atoms with Crippen molar-refractivity contribution in [2.24, 2.45) is 0 Å². The molecule has 0 radical (unpaired) electrons. The van der Waals surface area contributed by atoms with Gasteiger partial charge in [0.1, 0.15) is 0 Å². The van der Waals surface area contributed by atoms with Crippen molar-refractivity contribution in [2.45, 2.75) is 18.5 Å². The lowest BCUT2D eigenvalue weighted by Gasteiger charge is -2.40. The van der Waals surface area contributed by atoms with E-state index in [2.05, 4.69) is 168 Å². The lowest BCUT2D eigenvalue weighted by atomic mass is 9.91. The van der Waals surface area contributed by atoms with Crippen LogP contribution in [0.5, 0.6) is 0 Å². The molecule has 3 unspecified atom stereocenters. The minimum Gasteiger partial charge on any atom is -0.279 e. The van der Waals surface area contributed by atoms with Gasteiger partial charge in [-0.3, -0.25) is 16.0 Å². The summed E-state index contributed by atoms with van der Waals surface area (Å²) in [6.07, 6.45) is -0.184. The standard InChI is InChI=1S/C39H31N3/c1-3-11-26(12-4-1)27-19-21-30(22-20-27)38-40-37(29-14-5-2-6-15-29)41-39(42-38)36-33-18-10-8-16-31(33)25-35-32-17-9-7-13-28(32)23-24-34(35)36/h1-25,37-42H. The summed E-state index contributed by atoms with van der Waals surface area (Å²) < 4.78 is 0. The maximum absolute atomic E-state index is 3.96. The number of fused-ring (bicyclic) bond motifs is 4. The fraction of sp³-hybridized carbons (Fsp3) is 0.0769. The Kier molecular flexibility index (Phi) is 6.27. The molecule has 0 spiro atoms. The summed E-state index contributed by atoms with van der Waals surface area (Å²) in [5, 5.41) is 19.3. The zero-order chi connectivity index (χ0) is 27.9. The Hall–Kier alpha value is -4.80. The molecular formula is C39H31N3. The third kappa shape index (κ3) is 4.45. The highest BCUT2D eigenvalue weighted by molar-refractivity contribution is 6.14. The first-order valence-electron chi connectivity index (χ1n) is 14.6. The number of hydrogen-bond acceptors (Lipinski definition) is 3. The monoisotopic (exact) mass is 541 g/mol. The fourth-order valence-electron chi connectivity index (χ4n) is 6.51. The summed E-state index contributed by atoms with van der Waals surface area (Å²) >= 11 is 0. The molecule has 3 N–H and O–H groups in total. The average Bonchev–Trinajstić information content (AvgIpc) is 3.08. The van der Waals surface area contributed by atoms with Crippen LogP contribution in [-0.2, 0) is 0 Å². The van der Waals surface area contributed by atoms with Gasteiger partial charge in [-0.25, -0.2) is 0 Å². The van der Waals surface area contributed by atoms with Gasteiger partial charge in [-0.2, -0.15) is 0 Å².